The van der Waals surface area contributed by atoms with Crippen LogP contribution < -0.4 is 36.9 Å². The summed E-state index contributed by atoms with van der Waals surface area (Å²) < 4.78 is 7.01. The van der Waals surface area contributed by atoms with Crippen molar-refractivity contribution >= 4 is 52.3 Å². The quantitative estimate of drug-likeness (QED) is 0.219. The number of nitrogens with zero attached hydrogens (tertiary/aromatic N) is 4. The van der Waals surface area contributed by atoms with Crippen molar-refractivity contribution in [2.45, 2.75) is 31.9 Å². The zero-order valence-corrected chi connectivity index (χ0v) is 25.0. The Morgan fingerprint density at radius 1 is 1.07 bits per heavy atom. The number of fused-ring (bicyclic) bond motifs is 1. The van der Waals surface area contributed by atoms with Gasteiger partial charge in [-0.2, -0.15) is 0 Å². The van der Waals surface area contributed by atoms with Crippen molar-refractivity contribution in [2.24, 2.45) is 0 Å². The van der Waals surface area contributed by atoms with Crippen molar-refractivity contribution in [3.63, 3.8) is 0 Å². The fraction of sp³-hybridized carbons (Fsp3) is 0.167. The fourth-order valence-corrected chi connectivity index (χ4v) is 5.08. The van der Waals surface area contributed by atoms with Gasteiger partial charge in [0, 0.05) is 23.1 Å². The third-order valence-corrected chi connectivity index (χ3v) is 7.46. The van der Waals surface area contributed by atoms with Crippen molar-refractivity contribution in [3.8, 4) is 17.0 Å². The summed E-state index contributed by atoms with van der Waals surface area (Å²) in [7, 11) is 0. The first kappa shape index (κ1) is 29.2. The molecular formula is C30H26Cl2N8O4. The van der Waals surface area contributed by atoms with Crippen LogP contribution in [-0.2, 0) is 16.0 Å². The highest BCUT2D eigenvalue weighted by Crippen LogP contribution is 2.34. The molecule has 14 heteroatoms. The molecule has 44 heavy (non-hydrogen) atoms. The summed E-state index contributed by atoms with van der Waals surface area (Å²) in [6.45, 7) is 3.29. The molecule has 0 bridgehead atoms. The summed E-state index contributed by atoms with van der Waals surface area (Å²) >= 11 is 12.4. The standard InChI is InChI=1S/C30H26Cl2N8O4/c1-30(2)29(43)36-27-23(44-30)10-11-25(34-27)35-28(42)22(12-17-6-4-3-5-7-17)39-16-33-20(14-26(39)41)19-13-18(31)8-9-21(19)40-15-24(32)37-38-40/h3-11,13-16,22,37-38H,12H2,1-2H3,(H2,34,35,36,42,43)/t22-/m0/s1. The number of benzene rings is 2. The number of halogens is 2. The predicted molar refractivity (Wildman–Crippen MR) is 167 cm³/mol. The first-order valence-electron chi connectivity index (χ1n) is 13.5. The largest absolute Gasteiger partial charge is 0.474 e. The third-order valence-electron chi connectivity index (χ3n) is 7.03. The molecule has 2 aliphatic heterocycles. The number of rotatable bonds is 7. The SMILES string of the molecule is CC1(C)Oc2ccc(NC(=O)[C@H](Cc3ccccc3)n3cnc(-c4cc(Cl)ccc4N4C=C(Cl)NN4)cc3=O)nc2NC1=O. The molecule has 1 atom stereocenters. The van der Waals surface area contributed by atoms with E-state index in [1.807, 2.05) is 30.3 Å². The van der Waals surface area contributed by atoms with Crippen LogP contribution in [0.2, 0.25) is 5.02 Å². The maximum Gasteiger partial charge on any atom is 0.269 e. The molecule has 4 aromatic rings. The van der Waals surface area contributed by atoms with Crippen LogP contribution in [0.5, 0.6) is 5.75 Å². The van der Waals surface area contributed by atoms with Gasteiger partial charge in [0.15, 0.2) is 17.2 Å². The van der Waals surface area contributed by atoms with Crippen LogP contribution in [0.4, 0.5) is 17.3 Å². The molecule has 0 saturated carbocycles. The molecule has 6 rings (SSSR count). The van der Waals surface area contributed by atoms with E-state index in [0.29, 0.717) is 32.9 Å². The first-order valence-corrected chi connectivity index (χ1v) is 14.3. The normalized spacial score (nSPS) is 15.8. The van der Waals surface area contributed by atoms with E-state index in [9.17, 15) is 14.4 Å². The zero-order valence-electron chi connectivity index (χ0n) is 23.5. The van der Waals surface area contributed by atoms with Crippen LogP contribution in [0.25, 0.3) is 11.3 Å². The van der Waals surface area contributed by atoms with Crippen molar-refractivity contribution in [1.29, 1.82) is 0 Å². The summed E-state index contributed by atoms with van der Waals surface area (Å²) in [6, 6.07) is 18.0. The molecule has 0 unspecified atom stereocenters. The lowest BCUT2D eigenvalue weighted by molar-refractivity contribution is -0.129. The van der Waals surface area contributed by atoms with Gasteiger partial charge in [-0.1, -0.05) is 53.5 Å². The Labute approximate surface area is 261 Å². The van der Waals surface area contributed by atoms with Crippen LogP contribution in [-0.4, -0.2) is 32.0 Å². The highest BCUT2D eigenvalue weighted by Gasteiger charge is 2.36. The number of ether oxygens (including phenoxy) is 1. The van der Waals surface area contributed by atoms with Crippen LogP contribution in [0.15, 0.2) is 89.2 Å². The number of nitrogens with one attached hydrogen (secondary N) is 4. The molecule has 4 heterocycles. The van der Waals surface area contributed by atoms with Crippen molar-refractivity contribution < 1.29 is 14.3 Å². The van der Waals surface area contributed by atoms with Gasteiger partial charge in [-0.05, 0) is 49.7 Å². The second kappa shape index (κ2) is 11.6. The van der Waals surface area contributed by atoms with E-state index in [4.69, 9.17) is 27.9 Å². The molecule has 224 valence electrons. The maximum atomic E-state index is 13.7. The summed E-state index contributed by atoms with van der Waals surface area (Å²) in [5.74, 6) is -0.125. The maximum absolute atomic E-state index is 13.7. The number of carbonyl (C=O) groups is 2. The van der Waals surface area contributed by atoms with E-state index in [1.165, 1.54) is 17.0 Å². The van der Waals surface area contributed by atoms with E-state index in [1.54, 1.807) is 55.4 Å². The Hall–Kier alpha value is -4.91. The second-order valence-electron chi connectivity index (χ2n) is 10.6. The van der Waals surface area contributed by atoms with Gasteiger partial charge in [0.05, 0.1) is 23.9 Å². The first-order chi connectivity index (χ1) is 21.1. The summed E-state index contributed by atoms with van der Waals surface area (Å²) in [6.07, 6.45) is 3.16. The van der Waals surface area contributed by atoms with E-state index in [2.05, 4.69) is 31.6 Å². The molecule has 0 spiro atoms. The number of pyridine rings is 1. The fourth-order valence-electron chi connectivity index (χ4n) is 4.77. The number of hydrogen-bond donors (Lipinski definition) is 4. The number of hydrazine groups is 2. The molecule has 0 radical (unpaired) electrons. The molecule has 0 fully saturated rings. The lowest BCUT2D eigenvalue weighted by Crippen LogP contribution is -2.46. The lowest BCUT2D eigenvalue weighted by atomic mass is 10.0. The molecule has 2 aromatic carbocycles. The van der Waals surface area contributed by atoms with Crippen LogP contribution in [0.1, 0.15) is 25.5 Å². The minimum Gasteiger partial charge on any atom is -0.474 e. The topological polar surface area (TPSA) is 143 Å². The Balaban J connectivity index is 1.33. The Morgan fingerprint density at radius 3 is 2.59 bits per heavy atom. The molecule has 0 saturated heterocycles. The summed E-state index contributed by atoms with van der Waals surface area (Å²) in [5.41, 5.74) is 6.54. The lowest BCUT2D eigenvalue weighted by Gasteiger charge is -2.31. The van der Waals surface area contributed by atoms with Gasteiger partial charge < -0.3 is 15.4 Å². The molecule has 4 N–H and O–H groups in total. The number of hydrogen-bond acceptors (Lipinski definition) is 9. The number of carbonyl (C=O) groups excluding carboxylic acids is 2. The Kier molecular flexibility index (Phi) is 7.72. The smallest absolute Gasteiger partial charge is 0.269 e. The summed E-state index contributed by atoms with van der Waals surface area (Å²) in [5, 5.41) is 7.93. The molecular weight excluding hydrogens is 607 g/mol. The second-order valence-corrected chi connectivity index (χ2v) is 11.4. The molecule has 12 nitrogen and oxygen atoms in total. The van der Waals surface area contributed by atoms with E-state index in [-0.39, 0.29) is 24.0 Å². The van der Waals surface area contributed by atoms with E-state index < -0.39 is 23.1 Å². The van der Waals surface area contributed by atoms with Gasteiger partial charge in [-0.25, -0.2) is 9.97 Å². The number of amides is 2. The highest BCUT2D eigenvalue weighted by atomic mass is 35.5. The zero-order chi connectivity index (χ0) is 31.0. The minimum absolute atomic E-state index is 0.176. The molecule has 2 amide bonds. The van der Waals surface area contributed by atoms with E-state index >= 15 is 0 Å². The number of anilines is 3. The minimum atomic E-state index is -1.06. The monoisotopic (exact) mass is 632 g/mol. The molecule has 2 aromatic heterocycles. The van der Waals surface area contributed by atoms with Gasteiger partial charge in [0.2, 0.25) is 5.91 Å². The van der Waals surface area contributed by atoms with Gasteiger partial charge in [-0.15, -0.1) is 5.53 Å². The van der Waals surface area contributed by atoms with Gasteiger partial charge >= 0.3 is 0 Å². The summed E-state index contributed by atoms with van der Waals surface area (Å²) in [4.78, 5) is 48.6. The van der Waals surface area contributed by atoms with Gasteiger partial charge in [0.1, 0.15) is 17.0 Å². The Morgan fingerprint density at radius 2 is 1.86 bits per heavy atom. The van der Waals surface area contributed by atoms with Gasteiger partial charge in [0.25, 0.3) is 11.5 Å². The van der Waals surface area contributed by atoms with Crippen LogP contribution in [0, 0.1) is 0 Å². The molecule has 0 aliphatic carbocycles. The number of aromatic nitrogens is 3. The molecule has 2 aliphatic rings. The van der Waals surface area contributed by atoms with Crippen molar-refractivity contribution in [3.05, 3.63) is 105 Å². The average Bonchev–Trinajstić information content (AvgIpc) is 3.43. The predicted octanol–water partition coefficient (Wildman–Crippen LogP) is 4.36. The van der Waals surface area contributed by atoms with Crippen molar-refractivity contribution in [2.75, 3.05) is 15.6 Å². The van der Waals surface area contributed by atoms with E-state index in [0.717, 1.165) is 5.56 Å². The van der Waals surface area contributed by atoms with Crippen molar-refractivity contribution in [1.82, 2.24) is 25.5 Å². The van der Waals surface area contributed by atoms with Crippen LogP contribution in [0.3, 0.4) is 0 Å². The van der Waals surface area contributed by atoms with Gasteiger partial charge in [-0.3, -0.25) is 29.4 Å². The third kappa shape index (κ3) is 5.95. The Bertz CT molecular complexity index is 1860. The highest BCUT2D eigenvalue weighted by molar-refractivity contribution is 6.31. The average molecular weight is 633 g/mol. The van der Waals surface area contributed by atoms with Crippen LogP contribution >= 0.6 is 23.2 Å².